The Labute approximate surface area is 186 Å². The van der Waals surface area contributed by atoms with E-state index in [0.29, 0.717) is 17.7 Å². The van der Waals surface area contributed by atoms with Gasteiger partial charge in [-0.1, -0.05) is 30.2 Å². The Hall–Kier alpha value is -1.71. The number of hydrogen-bond donors (Lipinski definition) is 1. The molecule has 0 aromatic heterocycles. The normalized spacial score (nSPS) is 21.8. The topological polar surface area (TPSA) is 102 Å². The molecule has 2 rings (SSSR count). The van der Waals surface area contributed by atoms with Crippen molar-refractivity contribution in [3.63, 3.8) is 0 Å². The van der Waals surface area contributed by atoms with Gasteiger partial charge in [0, 0.05) is 18.4 Å². The minimum Gasteiger partial charge on any atom is -0.465 e. The number of carbonyl (C=O) groups excluding carboxylic acids is 1. The van der Waals surface area contributed by atoms with Gasteiger partial charge in [-0.15, -0.1) is 0 Å². The largest absolute Gasteiger partial charge is 0.465 e. The first-order valence-corrected chi connectivity index (χ1v) is 13.6. The van der Waals surface area contributed by atoms with Gasteiger partial charge in [-0.2, -0.15) is 4.72 Å². The zero-order valence-electron chi connectivity index (χ0n) is 19.0. The summed E-state index contributed by atoms with van der Waals surface area (Å²) >= 11 is 0. The molecule has 3 atom stereocenters. The van der Waals surface area contributed by atoms with Crippen LogP contribution in [0.15, 0.2) is 50.6 Å². The van der Waals surface area contributed by atoms with Crippen LogP contribution in [0.25, 0.3) is 0 Å². The number of nitrogens with one attached hydrogen (secondary N) is 1. The van der Waals surface area contributed by atoms with Crippen LogP contribution in [-0.2, 0) is 29.3 Å². The molecule has 0 aliphatic heterocycles. The van der Waals surface area contributed by atoms with Crippen LogP contribution in [0.1, 0.15) is 53.4 Å². The molecule has 0 saturated heterocycles. The third-order valence-electron chi connectivity index (χ3n) is 5.40. The van der Waals surface area contributed by atoms with E-state index in [1.165, 1.54) is 7.05 Å². The van der Waals surface area contributed by atoms with E-state index in [1.54, 1.807) is 57.4 Å². The van der Waals surface area contributed by atoms with E-state index in [0.717, 1.165) is 18.4 Å². The molecule has 1 aliphatic carbocycles. The summed E-state index contributed by atoms with van der Waals surface area (Å²) in [6.45, 7) is 6.56. The molecule has 0 heterocycles. The maximum Gasteiger partial charge on any atom is 0.324 e. The molecule has 0 spiro atoms. The highest BCUT2D eigenvalue weighted by Gasteiger charge is 2.40. The molecule has 0 amide bonds. The van der Waals surface area contributed by atoms with Gasteiger partial charge in [0.05, 0.1) is 26.0 Å². The van der Waals surface area contributed by atoms with Gasteiger partial charge in [0.15, 0.2) is 0 Å². The Balaban J connectivity index is 2.54. The molecule has 0 unspecified atom stereocenters. The van der Waals surface area contributed by atoms with E-state index in [-0.39, 0.29) is 6.61 Å². The molecule has 31 heavy (non-hydrogen) atoms. The molecule has 1 saturated carbocycles. The van der Waals surface area contributed by atoms with E-state index in [4.69, 9.17) is 4.74 Å². The summed E-state index contributed by atoms with van der Waals surface area (Å²) in [6, 6.07) is 7.89. The Morgan fingerprint density at radius 2 is 1.87 bits per heavy atom. The number of sulfonamides is 1. The average molecular weight is 471 g/mol. The molecule has 7 nitrogen and oxygen atoms in total. The minimum absolute atomic E-state index is 0.142. The van der Waals surface area contributed by atoms with E-state index in [9.17, 15) is 17.4 Å². The fraction of sp³-hybridized carbons (Fsp3) is 0.591. The number of benzene rings is 1. The lowest BCUT2D eigenvalue weighted by Crippen LogP contribution is -2.52. The van der Waals surface area contributed by atoms with Crippen molar-refractivity contribution in [1.82, 2.24) is 4.72 Å². The van der Waals surface area contributed by atoms with E-state index < -0.39 is 42.4 Å². The predicted octanol–water partition coefficient (Wildman–Crippen LogP) is 3.87. The van der Waals surface area contributed by atoms with E-state index in [2.05, 4.69) is 9.08 Å². The zero-order valence-corrected chi connectivity index (χ0v) is 20.6. The molecule has 0 bridgehead atoms. The van der Waals surface area contributed by atoms with Crippen molar-refractivity contribution in [3.8, 4) is 0 Å². The Morgan fingerprint density at radius 3 is 2.42 bits per heavy atom. The van der Waals surface area contributed by atoms with Gasteiger partial charge in [0.1, 0.15) is 6.04 Å². The van der Waals surface area contributed by atoms with Crippen LogP contribution in [0.4, 0.5) is 0 Å². The fourth-order valence-corrected chi connectivity index (χ4v) is 6.16. The Morgan fingerprint density at radius 1 is 1.23 bits per heavy atom. The van der Waals surface area contributed by atoms with Crippen LogP contribution in [0.5, 0.6) is 0 Å². The first-order valence-electron chi connectivity index (χ1n) is 10.5. The van der Waals surface area contributed by atoms with Crippen molar-refractivity contribution in [2.24, 2.45) is 10.3 Å². The number of nitrogens with zero attached hydrogens (tertiary/aromatic N) is 1. The van der Waals surface area contributed by atoms with Crippen LogP contribution in [0.3, 0.4) is 0 Å². The Bertz CT molecular complexity index is 1020. The number of hydrogen-bond acceptors (Lipinski definition) is 6. The van der Waals surface area contributed by atoms with Crippen LogP contribution in [0.2, 0.25) is 0 Å². The van der Waals surface area contributed by atoms with Crippen molar-refractivity contribution in [1.29, 1.82) is 0 Å². The zero-order chi connectivity index (χ0) is 23.3. The van der Waals surface area contributed by atoms with Crippen LogP contribution >= 0.6 is 0 Å². The van der Waals surface area contributed by atoms with Gasteiger partial charge >= 0.3 is 5.97 Å². The standard InChI is InChI=1S/C22H34N2O5S2/c1-6-29-21(25)20(24-31(27,28)22(2,3)4)19-15-11-10-12-17(19)16-30(26,23-5)18-13-8-7-9-14-18/h7-9,13-14,16,19-20,24H,6,10-12,15H2,1-5H3/b17-16+/t19-,20+,30+/m0/s1. The van der Waals surface area contributed by atoms with E-state index in [1.807, 2.05) is 6.07 Å². The summed E-state index contributed by atoms with van der Waals surface area (Å²) in [6.07, 6.45) is 2.93. The molecule has 174 valence electrons. The van der Waals surface area contributed by atoms with Crippen molar-refractivity contribution in [2.45, 2.75) is 69.1 Å². The third kappa shape index (κ3) is 6.17. The molecule has 1 fully saturated rings. The van der Waals surface area contributed by atoms with Gasteiger partial charge in [-0.25, -0.2) is 17.0 Å². The molecular formula is C22H34N2O5S2. The molecule has 1 aliphatic rings. The van der Waals surface area contributed by atoms with Gasteiger partial charge in [0.2, 0.25) is 10.0 Å². The lowest BCUT2D eigenvalue weighted by atomic mass is 9.80. The van der Waals surface area contributed by atoms with Crippen LogP contribution in [0, 0.1) is 5.92 Å². The van der Waals surface area contributed by atoms with Gasteiger partial charge in [-0.3, -0.25) is 4.79 Å². The van der Waals surface area contributed by atoms with Crippen LogP contribution < -0.4 is 4.72 Å². The molecular weight excluding hydrogens is 436 g/mol. The summed E-state index contributed by atoms with van der Waals surface area (Å²) in [5.74, 6) is -1.07. The maximum absolute atomic E-state index is 13.6. The molecule has 1 aromatic carbocycles. The fourth-order valence-electron chi connectivity index (χ4n) is 3.51. The highest BCUT2D eigenvalue weighted by atomic mass is 32.2. The second-order valence-electron chi connectivity index (χ2n) is 8.57. The smallest absolute Gasteiger partial charge is 0.324 e. The summed E-state index contributed by atoms with van der Waals surface area (Å²) in [5.41, 5.74) is 0.778. The number of carbonyl (C=O) groups is 1. The average Bonchev–Trinajstić information content (AvgIpc) is 2.72. The second kappa shape index (κ2) is 10.3. The number of esters is 1. The van der Waals surface area contributed by atoms with Crippen molar-refractivity contribution >= 4 is 25.7 Å². The van der Waals surface area contributed by atoms with Crippen molar-refractivity contribution in [3.05, 3.63) is 41.3 Å². The third-order valence-corrected chi connectivity index (χ3v) is 9.69. The minimum atomic E-state index is -3.81. The number of rotatable bonds is 7. The highest BCUT2D eigenvalue weighted by molar-refractivity contribution is 7.96. The van der Waals surface area contributed by atoms with Crippen molar-refractivity contribution < 1.29 is 22.2 Å². The summed E-state index contributed by atoms with van der Waals surface area (Å²) in [4.78, 5) is 13.4. The first-order chi connectivity index (χ1) is 14.4. The maximum atomic E-state index is 13.6. The predicted molar refractivity (Wildman–Crippen MR) is 123 cm³/mol. The molecule has 1 aromatic rings. The van der Waals surface area contributed by atoms with Gasteiger partial charge in [0.25, 0.3) is 0 Å². The first kappa shape index (κ1) is 25.5. The monoisotopic (exact) mass is 470 g/mol. The Kier molecular flexibility index (Phi) is 8.47. The molecule has 0 radical (unpaired) electrons. The SMILES string of the molecule is CCOC(=O)[C@H](NS(=O)(=O)C(C)(C)C)[C@H]1CCCC/C1=C\[S@](=O)(=NC)c1ccccc1. The van der Waals surface area contributed by atoms with Gasteiger partial charge in [-0.05, 0) is 59.1 Å². The molecule has 1 N–H and O–H groups in total. The van der Waals surface area contributed by atoms with Crippen molar-refractivity contribution in [2.75, 3.05) is 13.7 Å². The lowest BCUT2D eigenvalue weighted by Gasteiger charge is -2.33. The second-order valence-corrected chi connectivity index (χ2v) is 13.2. The highest BCUT2D eigenvalue weighted by Crippen LogP contribution is 2.35. The van der Waals surface area contributed by atoms with E-state index >= 15 is 0 Å². The van der Waals surface area contributed by atoms with Gasteiger partial charge < -0.3 is 4.74 Å². The summed E-state index contributed by atoms with van der Waals surface area (Å²) in [5, 5.41) is 1.64. The number of ether oxygens (including phenoxy) is 1. The quantitative estimate of drug-likeness (QED) is 0.610. The lowest BCUT2D eigenvalue weighted by molar-refractivity contribution is -0.146. The summed E-state index contributed by atoms with van der Waals surface area (Å²) in [7, 11) is -5.15. The molecule has 9 heteroatoms. The summed E-state index contributed by atoms with van der Waals surface area (Å²) < 4.78 is 50.3. The van der Waals surface area contributed by atoms with Crippen LogP contribution in [-0.4, -0.2) is 43.0 Å².